The monoisotopic (exact) mass is 610 g/mol. The van der Waals surface area contributed by atoms with Crippen LogP contribution in [0.25, 0.3) is 5.32 Å². The average molecular weight is 611 g/mol. The van der Waals surface area contributed by atoms with Gasteiger partial charge in [0.15, 0.2) is 0 Å². The summed E-state index contributed by atoms with van der Waals surface area (Å²) >= 11 is 0. The van der Waals surface area contributed by atoms with Crippen LogP contribution >= 0.6 is 0 Å². The number of aliphatic carboxylic acids is 1. The van der Waals surface area contributed by atoms with Crippen molar-refractivity contribution in [3.05, 3.63) is 112 Å². The zero-order valence-electron chi connectivity index (χ0n) is 23.5. The first-order chi connectivity index (χ1) is 20.3. The van der Waals surface area contributed by atoms with Crippen LogP contribution in [-0.2, 0) is 28.5 Å². The molecule has 3 aromatic carbocycles. The van der Waals surface area contributed by atoms with Gasteiger partial charge < -0.3 is 25.4 Å². The minimum absolute atomic E-state index is 0.0571. The third-order valence-corrected chi connectivity index (χ3v) is 6.73. The van der Waals surface area contributed by atoms with E-state index >= 15 is 0 Å². The lowest BCUT2D eigenvalue weighted by Gasteiger charge is -2.32. The molecule has 0 aromatic heterocycles. The van der Waals surface area contributed by atoms with E-state index in [9.17, 15) is 36.2 Å². The number of ether oxygens (including phenoxy) is 1. The van der Waals surface area contributed by atoms with Crippen molar-refractivity contribution < 1.29 is 41.0 Å². The molecular formula is C31H34F6N3O3-. The van der Waals surface area contributed by atoms with E-state index in [0.29, 0.717) is 12.1 Å². The molecule has 4 rings (SSSR count). The Morgan fingerprint density at radius 1 is 0.884 bits per heavy atom. The first-order valence-electron chi connectivity index (χ1n) is 13.6. The molecule has 1 atom stereocenters. The van der Waals surface area contributed by atoms with Gasteiger partial charge in [-0.25, -0.2) is 0 Å². The van der Waals surface area contributed by atoms with E-state index in [-0.39, 0.29) is 18.2 Å². The number of alkyl halides is 6. The average Bonchev–Trinajstić information content (AvgIpc) is 2.96. The third-order valence-electron chi connectivity index (χ3n) is 6.73. The lowest BCUT2D eigenvalue weighted by atomic mass is 9.85. The Hall–Kier alpha value is -3.45. The van der Waals surface area contributed by atoms with E-state index < -0.39 is 54.6 Å². The summed E-state index contributed by atoms with van der Waals surface area (Å²) in [7, 11) is 2.13. The van der Waals surface area contributed by atoms with Gasteiger partial charge in [0.05, 0.1) is 30.9 Å². The van der Waals surface area contributed by atoms with Crippen molar-refractivity contribution in [2.45, 2.75) is 30.9 Å². The second kappa shape index (κ2) is 15.9. The van der Waals surface area contributed by atoms with Crippen LogP contribution < -0.4 is 5.32 Å². The molecule has 0 saturated carbocycles. The Bertz CT molecular complexity index is 1200. The maximum absolute atomic E-state index is 13.2. The van der Waals surface area contributed by atoms with Gasteiger partial charge in [0.2, 0.25) is 0 Å². The highest BCUT2D eigenvalue weighted by molar-refractivity contribution is 5.69. The van der Waals surface area contributed by atoms with Crippen LogP contribution in [0.4, 0.5) is 26.3 Å². The van der Waals surface area contributed by atoms with Gasteiger partial charge in [-0.15, -0.1) is 13.1 Å². The second-order valence-electron chi connectivity index (χ2n) is 10.1. The number of likely N-dealkylation sites (N-methyl/N-ethyl adjacent to an activating group) is 1. The van der Waals surface area contributed by atoms with Crippen LogP contribution in [0.1, 0.15) is 33.7 Å². The zero-order valence-corrected chi connectivity index (χ0v) is 23.5. The first kappa shape index (κ1) is 34.0. The lowest BCUT2D eigenvalue weighted by molar-refractivity contribution is -0.143. The molecule has 12 heteroatoms. The summed E-state index contributed by atoms with van der Waals surface area (Å²) in [5.41, 5.74) is -1.50. The molecule has 0 radical (unpaired) electrons. The highest BCUT2D eigenvalue weighted by atomic mass is 19.4. The van der Waals surface area contributed by atoms with Gasteiger partial charge in [-0.05, 0) is 55.0 Å². The van der Waals surface area contributed by atoms with Crippen molar-refractivity contribution in [2.24, 2.45) is 0 Å². The van der Waals surface area contributed by atoms with Crippen LogP contribution in [-0.4, -0.2) is 68.4 Å². The van der Waals surface area contributed by atoms with Gasteiger partial charge in [0.1, 0.15) is 0 Å². The quantitative estimate of drug-likeness (QED) is 0.259. The van der Waals surface area contributed by atoms with Gasteiger partial charge in [0, 0.05) is 12.0 Å². The molecule has 234 valence electrons. The second-order valence-corrected chi connectivity index (χ2v) is 10.1. The zero-order chi connectivity index (χ0) is 31.5. The number of benzene rings is 3. The summed E-state index contributed by atoms with van der Waals surface area (Å²) in [4.78, 5) is 13.5. The van der Waals surface area contributed by atoms with Crippen LogP contribution in [0.15, 0.2) is 78.9 Å². The van der Waals surface area contributed by atoms with E-state index in [0.717, 1.165) is 37.3 Å². The maximum atomic E-state index is 13.2. The summed E-state index contributed by atoms with van der Waals surface area (Å²) in [6, 6.07) is 18.9. The fraction of sp³-hybridized carbons (Fsp3) is 0.387. The Balaban J connectivity index is 0.000000633. The molecule has 6 nitrogen and oxygen atoms in total. The maximum Gasteiger partial charge on any atom is 0.416 e. The van der Waals surface area contributed by atoms with Gasteiger partial charge >= 0.3 is 18.3 Å². The molecule has 0 aliphatic carbocycles. The molecule has 43 heavy (non-hydrogen) atoms. The van der Waals surface area contributed by atoms with Gasteiger partial charge in [-0.1, -0.05) is 60.7 Å². The number of carboxylic acid groups (broad SMARTS) is 1. The number of halogens is 6. The number of rotatable bonds is 10. The Labute approximate surface area is 246 Å². The SMILES string of the molecule is CN1CC[N-]CC1.O=C(O)CNC(COCc1cc(C(F)(F)F)cc(C(F)(F)F)c1)C(c1ccccc1)c1ccccc1. The van der Waals surface area contributed by atoms with E-state index in [4.69, 9.17) is 4.74 Å². The Kier molecular flexibility index (Phi) is 12.6. The summed E-state index contributed by atoms with van der Waals surface area (Å²) in [5, 5.41) is 16.3. The number of piperazine rings is 1. The summed E-state index contributed by atoms with van der Waals surface area (Å²) in [6.45, 7) is 3.24. The van der Waals surface area contributed by atoms with Crippen molar-refractivity contribution in [1.29, 1.82) is 0 Å². The highest BCUT2D eigenvalue weighted by Crippen LogP contribution is 2.36. The van der Waals surface area contributed by atoms with Crippen LogP contribution in [0.2, 0.25) is 0 Å². The molecule has 0 amide bonds. The molecule has 1 heterocycles. The van der Waals surface area contributed by atoms with Crippen LogP contribution in [0.5, 0.6) is 0 Å². The van der Waals surface area contributed by atoms with Gasteiger partial charge in [-0.3, -0.25) is 4.79 Å². The predicted molar refractivity (Wildman–Crippen MR) is 151 cm³/mol. The number of hydrogen-bond acceptors (Lipinski definition) is 4. The normalized spacial score (nSPS) is 15.1. The standard InChI is InChI=1S/C26H23F6NO3.C5H11N2/c27-25(28,29)20-11-17(12-21(13-20)26(30,31)32)15-36-16-22(33-14-23(34)35)24(18-7-3-1-4-8-18)19-9-5-2-6-10-19;1-7-4-2-6-3-5-7/h1-13,22,24,33H,14-16H2,(H,34,35);2-5H2,1H3/q;-1. The molecule has 1 aliphatic rings. The molecule has 1 saturated heterocycles. The van der Waals surface area contributed by atoms with Gasteiger partial charge in [0.25, 0.3) is 0 Å². The molecule has 2 N–H and O–H groups in total. The van der Waals surface area contributed by atoms with Crippen molar-refractivity contribution >= 4 is 5.97 Å². The topological polar surface area (TPSA) is 75.9 Å². The molecule has 1 unspecified atom stereocenters. The molecule has 3 aromatic rings. The first-order valence-corrected chi connectivity index (χ1v) is 13.6. The van der Waals surface area contributed by atoms with E-state index in [1.807, 2.05) is 60.7 Å². The minimum atomic E-state index is -4.96. The Morgan fingerprint density at radius 2 is 1.37 bits per heavy atom. The summed E-state index contributed by atoms with van der Waals surface area (Å²) in [6.07, 6.45) is -9.93. The number of nitrogens with zero attached hydrogens (tertiary/aromatic N) is 2. The van der Waals surface area contributed by atoms with Crippen LogP contribution in [0, 0.1) is 0 Å². The largest absolute Gasteiger partial charge is 0.660 e. The van der Waals surface area contributed by atoms with E-state index in [1.165, 1.54) is 0 Å². The van der Waals surface area contributed by atoms with Crippen molar-refractivity contribution in [3.8, 4) is 0 Å². The fourth-order valence-corrected chi connectivity index (χ4v) is 4.58. The van der Waals surface area contributed by atoms with Crippen molar-refractivity contribution in [2.75, 3.05) is 46.4 Å². The number of carbonyl (C=O) groups is 1. The number of carboxylic acids is 1. The smallest absolute Gasteiger partial charge is 0.416 e. The predicted octanol–water partition coefficient (Wildman–Crippen LogP) is 6.42. The molecule has 1 aliphatic heterocycles. The summed E-state index contributed by atoms with van der Waals surface area (Å²) < 4.78 is 84.6. The molecule has 0 bridgehead atoms. The van der Waals surface area contributed by atoms with Crippen molar-refractivity contribution in [3.63, 3.8) is 0 Å². The minimum Gasteiger partial charge on any atom is -0.660 e. The molecular weight excluding hydrogens is 576 g/mol. The van der Waals surface area contributed by atoms with E-state index in [1.54, 1.807) is 0 Å². The number of hydrogen-bond donors (Lipinski definition) is 2. The molecule has 0 spiro atoms. The molecule has 1 fully saturated rings. The summed E-state index contributed by atoms with van der Waals surface area (Å²) in [5.74, 6) is -1.54. The Morgan fingerprint density at radius 3 is 1.77 bits per heavy atom. The van der Waals surface area contributed by atoms with Crippen LogP contribution in [0.3, 0.4) is 0 Å². The number of nitrogens with one attached hydrogen (secondary N) is 1. The van der Waals surface area contributed by atoms with Crippen molar-refractivity contribution in [1.82, 2.24) is 10.2 Å². The van der Waals surface area contributed by atoms with E-state index in [2.05, 4.69) is 22.6 Å². The highest BCUT2D eigenvalue weighted by Gasteiger charge is 2.37. The third kappa shape index (κ3) is 11.3. The fourth-order valence-electron chi connectivity index (χ4n) is 4.58. The van der Waals surface area contributed by atoms with Gasteiger partial charge in [-0.2, -0.15) is 26.3 Å². The lowest BCUT2D eigenvalue weighted by Crippen LogP contribution is -2.42.